The van der Waals surface area contributed by atoms with Crippen LogP contribution < -0.4 is 10.7 Å². The smallest absolute Gasteiger partial charge is 0.249 e. The highest BCUT2D eigenvalue weighted by Crippen LogP contribution is 2.02. The number of halogens is 1. The molecule has 1 aromatic carbocycles. The molecular weight excluding hydrogens is 249 g/mol. The summed E-state index contributed by atoms with van der Waals surface area (Å²) in [5.41, 5.74) is 2.39. The summed E-state index contributed by atoms with van der Waals surface area (Å²) in [6.45, 7) is 3.73. The lowest BCUT2D eigenvalue weighted by atomic mass is 10.2. The minimum absolute atomic E-state index is 0.249. The van der Waals surface area contributed by atoms with Crippen LogP contribution in [0.1, 0.15) is 12.0 Å². The van der Waals surface area contributed by atoms with Crippen molar-refractivity contribution in [2.45, 2.75) is 6.42 Å². The van der Waals surface area contributed by atoms with E-state index in [0.717, 1.165) is 0 Å². The first-order valence-electron chi connectivity index (χ1n) is 5.57. The first-order valence-corrected chi connectivity index (χ1v) is 5.57. The first kappa shape index (κ1) is 14.6. The van der Waals surface area contributed by atoms with Gasteiger partial charge in [-0.25, -0.2) is 9.82 Å². The number of nitrogens with zero attached hydrogens (tertiary/aromatic N) is 1. The summed E-state index contributed by atoms with van der Waals surface area (Å²) in [4.78, 5) is 22.5. The molecule has 0 saturated heterocycles. The van der Waals surface area contributed by atoms with Crippen LogP contribution in [0.5, 0.6) is 0 Å². The van der Waals surface area contributed by atoms with E-state index in [-0.39, 0.29) is 12.0 Å². The standard InChI is InChI=1S/C13H14FN3O2/c1-2-7-15-12(18)8-13(19)17-16-9-10-5-3-4-6-11(10)14/h2-6,9H,1,7-8H2,(H,15,18)(H,17,19)/b16-9+. The Morgan fingerprint density at radius 3 is 2.74 bits per heavy atom. The van der Waals surface area contributed by atoms with Crippen LogP contribution >= 0.6 is 0 Å². The SMILES string of the molecule is C=CCNC(=O)CC(=O)N/N=C/c1ccccc1F. The molecule has 0 aromatic heterocycles. The number of rotatable bonds is 6. The van der Waals surface area contributed by atoms with Crippen molar-refractivity contribution in [2.75, 3.05) is 6.54 Å². The molecule has 0 atom stereocenters. The largest absolute Gasteiger partial charge is 0.352 e. The Kier molecular flexibility index (Phi) is 5.94. The number of amides is 2. The molecule has 0 unspecified atom stereocenters. The average Bonchev–Trinajstić information content (AvgIpc) is 2.38. The van der Waals surface area contributed by atoms with E-state index in [2.05, 4.69) is 22.4 Å². The number of hydrogen-bond acceptors (Lipinski definition) is 3. The van der Waals surface area contributed by atoms with Crippen LogP contribution in [-0.4, -0.2) is 24.6 Å². The van der Waals surface area contributed by atoms with Crippen molar-refractivity contribution in [1.29, 1.82) is 0 Å². The van der Waals surface area contributed by atoms with E-state index in [4.69, 9.17) is 0 Å². The Bertz CT molecular complexity index is 500. The molecule has 0 aliphatic carbocycles. The van der Waals surface area contributed by atoms with E-state index in [9.17, 15) is 14.0 Å². The number of hydrazone groups is 1. The zero-order valence-electron chi connectivity index (χ0n) is 10.2. The molecule has 0 spiro atoms. The predicted molar refractivity (Wildman–Crippen MR) is 70.0 cm³/mol. The summed E-state index contributed by atoms with van der Waals surface area (Å²) < 4.78 is 13.2. The van der Waals surface area contributed by atoms with Gasteiger partial charge in [-0.3, -0.25) is 9.59 Å². The molecular formula is C13H14FN3O2. The monoisotopic (exact) mass is 263 g/mol. The Hall–Kier alpha value is -2.50. The molecule has 1 aromatic rings. The maximum atomic E-state index is 13.2. The molecule has 100 valence electrons. The second kappa shape index (κ2) is 7.75. The highest BCUT2D eigenvalue weighted by molar-refractivity contribution is 5.97. The van der Waals surface area contributed by atoms with Gasteiger partial charge < -0.3 is 5.32 Å². The highest BCUT2D eigenvalue weighted by Gasteiger charge is 2.07. The maximum Gasteiger partial charge on any atom is 0.249 e. The molecule has 0 bridgehead atoms. The summed E-state index contributed by atoms with van der Waals surface area (Å²) in [7, 11) is 0. The molecule has 0 saturated carbocycles. The van der Waals surface area contributed by atoms with Crippen LogP contribution in [0.25, 0.3) is 0 Å². The summed E-state index contributed by atoms with van der Waals surface area (Å²) >= 11 is 0. The summed E-state index contributed by atoms with van der Waals surface area (Å²) in [5, 5.41) is 6.02. The predicted octanol–water partition coefficient (Wildman–Crippen LogP) is 0.968. The Morgan fingerprint density at radius 1 is 1.32 bits per heavy atom. The topological polar surface area (TPSA) is 70.6 Å². The first-order chi connectivity index (χ1) is 9.13. The van der Waals surface area contributed by atoms with Crippen molar-refractivity contribution < 1.29 is 14.0 Å². The zero-order chi connectivity index (χ0) is 14.1. The lowest BCUT2D eigenvalue weighted by molar-refractivity contribution is -0.129. The van der Waals surface area contributed by atoms with Crippen molar-refractivity contribution in [2.24, 2.45) is 5.10 Å². The van der Waals surface area contributed by atoms with Crippen molar-refractivity contribution >= 4 is 18.0 Å². The molecule has 0 aliphatic rings. The fraction of sp³-hybridized carbons (Fsp3) is 0.154. The molecule has 19 heavy (non-hydrogen) atoms. The van der Waals surface area contributed by atoms with Gasteiger partial charge in [0.1, 0.15) is 12.2 Å². The van der Waals surface area contributed by atoms with Gasteiger partial charge in [-0.2, -0.15) is 5.10 Å². The van der Waals surface area contributed by atoms with Crippen LogP contribution in [-0.2, 0) is 9.59 Å². The lowest BCUT2D eigenvalue weighted by Gasteiger charge is -2.01. The van der Waals surface area contributed by atoms with Gasteiger partial charge in [-0.1, -0.05) is 24.3 Å². The normalized spacial score (nSPS) is 10.2. The van der Waals surface area contributed by atoms with Crippen LogP contribution in [0.2, 0.25) is 0 Å². The molecule has 0 fully saturated rings. The third kappa shape index (κ3) is 5.58. The molecule has 0 aliphatic heterocycles. The second-order valence-electron chi connectivity index (χ2n) is 3.58. The van der Waals surface area contributed by atoms with Gasteiger partial charge in [-0.15, -0.1) is 6.58 Å². The van der Waals surface area contributed by atoms with Crippen LogP contribution in [0.4, 0.5) is 4.39 Å². The van der Waals surface area contributed by atoms with Crippen LogP contribution in [0.3, 0.4) is 0 Å². The molecule has 5 nitrogen and oxygen atoms in total. The van der Waals surface area contributed by atoms with Crippen LogP contribution in [0, 0.1) is 5.82 Å². The fourth-order valence-corrected chi connectivity index (χ4v) is 1.19. The Morgan fingerprint density at radius 2 is 2.05 bits per heavy atom. The van der Waals surface area contributed by atoms with Crippen molar-refractivity contribution in [3.8, 4) is 0 Å². The number of carbonyl (C=O) groups excluding carboxylic acids is 2. The zero-order valence-corrected chi connectivity index (χ0v) is 10.2. The molecule has 2 amide bonds. The average molecular weight is 263 g/mol. The quantitative estimate of drug-likeness (QED) is 0.347. The van der Waals surface area contributed by atoms with E-state index >= 15 is 0 Å². The van der Waals surface area contributed by atoms with E-state index in [1.807, 2.05) is 0 Å². The maximum absolute atomic E-state index is 13.2. The van der Waals surface area contributed by atoms with E-state index < -0.39 is 17.6 Å². The third-order valence-electron chi connectivity index (χ3n) is 2.06. The molecule has 0 radical (unpaired) electrons. The molecule has 1 rings (SSSR count). The van der Waals surface area contributed by atoms with Gasteiger partial charge in [0.05, 0.1) is 6.21 Å². The minimum Gasteiger partial charge on any atom is -0.352 e. The number of carbonyl (C=O) groups is 2. The summed E-state index contributed by atoms with van der Waals surface area (Å²) in [6, 6.07) is 6.00. The number of benzene rings is 1. The Labute approximate surface area is 110 Å². The van der Waals surface area contributed by atoms with Gasteiger partial charge in [0.2, 0.25) is 11.8 Å². The third-order valence-corrected chi connectivity index (χ3v) is 2.06. The van der Waals surface area contributed by atoms with E-state index in [0.29, 0.717) is 6.54 Å². The van der Waals surface area contributed by atoms with Crippen molar-refractivity contribution in [1.82, 2.24) is 10.7 Å². The van der Waals surface area contributed by atoms with Gasteiger partial charge >= 0.3 is 0 Å². The molecule has 6 heteroatoms. The van der Waals surface area contributed by atoms with E-state index in [1.54, 1.807) is 12.1 Å². The number of nitrogens with one attached hydrogen (secondary N) is 2. The van der Waals surface area contributed by atoms with Crippen molar-refractivity contribution in [3.63, 3.8) is 0 Å². The van der Waals surface area contributed by atoms with Gasteiger partial charge in [0, 0.05) is 12.1 Å². The van der Waals surface area contributed by atoms with Gasteiger partial charge in [-0.05, 0) is 6.07 Å². The van der Waals surface area contributed by atoms with Gasteiger partial charge in [0.25, 0.3) is 0 Å². The Balaban J connectivity index is 2.40. The lowest BCUT2D eigenvalue weighted by Crippen LogP contribution is -2.29. The fourth-order valence-electron chi connectivity index (χ4n) is 1.19. The second-order valence-corrected chi connectivity index (χ2v) is 3.58. The van der Waals surface area contributed by atoms with Crippen molar-refractivity contribution in [3.05, 3.63) is 48.3 Å². The molecule has 2 N–H and O–H groups in total. The highest BCUT2D eigenvalue weighted by atomic mass is 19.1. The summed E-state index contributed by atoms with van der Waals surface area (Å²) in [5.74, 6) is -1.45. The van der Waals surface area contributed by atoms with Gasteiger partial charge in [0.15, 0.2) is 0 Å². The number of hydrogen-bond donors (Lipinski definition) is 2. The molecule has 0 heterocycles. The van der Waals surface area contributed by atoms with E-state index in [1.165, 1.54) is 24.4 Å². The summed E-state index contributed by atoms with van der Waals surface area (Å²) in [6.07, 6.45) is 2.34. The minimum atomic E-state index is -0.575. The van der Waals surface area contributed by atoms with Crippen LogP contribution in [0.15, 0.2) is 42.0 Å².